The third-order valence-electron chi connectivity index (χ3n) is 8.65. The number of carboxylic acids is 1. The van der Waals surface area contributed by atoms with E-state index in [0.717, 1.165) is 31.4 Å². The monoisotopic (exact) mass is 598 g/mol. The van der Waals surface area contributed by atoms with E-state index in [1.54, 1.807) is 48.5 Å². The van der Waals surface area contributed by atoms with Gasteiger partial charge in [-0.05, 0) is 86.6 Å². The smallest absolute Gasteiger partial charge is 0.343 e. The molecule has 0 saturated heterocycles. The van der Waals surface area contributed by atoms with Crippen molar-refractivity contribution in [2.24, 2.45) is 11.8 Å². The first-order valence-corrected chi connectivity index (χ1v) is 16.5. The topological polar surface area (TPSA) is 82.1 Å². The largest absolute Gasteiger partial charge is 0.494 e. The summed E-state index contributed by atoms with van der Waals surface area (Å²) in [6.07, 6.45) is 14.6. The molecule has 1 fully saturated rings. The van der Waals surface area contributed by atoms with E-state index in [-0.39, 0.29) is 18.9 Å². The number of hydrogen-bond acceptors (Lipinski definition) is 5. The third kappa shape index (κ3) is 11.5. The van der Waals surface area contributed by atoms with Gasteiger partial charge in [-0.15, -0.1) is 0 Å². The number of esters is 1. The van der Waals surface area contributed by atoms with Crippen molar-refractivity contribution in [3.05, 3.63) is 54.1 Å². The lowest BCUT2D eigenvalue weighted by atomic mass is 9.74. The highest BCUT2D eigenvalue weighted by Gasteiger charge is 2.47. The predicted molar refractivity (Wildman–Crippen MR) is 168 cm³/mol. The van der Waals surface area contributed by atoms with E-state index in [1.807, 2.05) is 6.92 Å². The first-order valence-electron chi connectivity index (χ1n) is 16.5. The van der Waals surface area contributed by atoms with Crippen LogP contribution in [0, 0.1) is 11.8 Å². The van der Waals surface area contributed by atoms with Crippen LogP contribution in [-0.2, 0) is 4.79 Å². The van der Waals surface area contributed by atoms with Gasteiger partial charge in [0, 0.05) is 5.92 Å². The number of unbranched alkanes of at least 4 members (excludes halogenated alkanes) is 7. The molecular formula is C36H51FO6. The van der Waals surface area contributed by atoms with Gasteiger partial charge in [0.2, 0.25) is 5.67 Å². The highest BCUT2D eigenvalue weighted by atomic mass is 19.1. The summed E-state index contributed by atoms with van der Waals surface area (Å²) in [5, 5.41) is 9.74. The Morgan fingerprint density at radius 3 is 1.98 bits per heavy atom. The fraction of sp³-hybridized carbons (Fsp3) is 0.611. The summed E-state index contributed by atoms with van der Waals surface area (Å²) in [6.45, 7) is 5.04. The van der Waals surface area contributed by atoms with Gasteiger partial charge in [0.25, 0.3) is 0 Å². The number of hydrogen-bond donors (Lipinski definition) is 1. The Balaban J connectivity index is 1.40. The van der Waals surface area contributed by atoms with Crippen molar-refractivity contribution in [2.45, 2.75) is 116 Å². The van der Waals surface area contributed by atoms with Crippen LogP contribution in [0.5, 0.6) is 17.2 Å². The lowest BCUT2D eigenvalue weighted by Crippen LogP contribution is -2.44. The van der Waals surface area contributed by atoms with Gasteiger partial charge in [-0.25, -0.2) is 14.0 Å². The van der Waals surface area contributed by atoms with Gasteiger partial charge >= 0.3 is 11.9 Å². The Hall–Kier alpha value is -3.09. The van der Waals surface area contributed by atoms with Crippen molar-refractivity contribution >= 4 is 11.9 Å². The minimum Gasteiger partial charge on any atom is -0.494 e. The summed E-state index contributed by atoms with van der Waals surface area (Å²) < 4.78 is 32.9. The standard InChI is InChI=1S/C36H51FO6/c1-3-5-6-7-8-9-10-14-25-41-31-19-17-29(18-20-31)34(38)43-33-23-21-32(22-24-33)42-27-28(4-2)26-36(37,35(39)40)30-15-12-11-13-16-30/h17-24,28,30H,3-16,25-27H2,1-2H3,(H,39,40)/t28?,36-/m0/s1. The fourth-order valence-electron chi connectivity index (χ4n) is 5.83. The minimum atomic E-state index is -2.22. The summed E-state index contributed by atoms with van der Waals surface area (Å²) in [7, 11) is 0. The molecule has 7 heteroatoms. The highest BCUT2D eigenvalue weighted by molar-refractivity contribution is 5.91. The molecule has 1 aliphatic rings. The number of carbonyl (C=O) groups is 2. The van der Waals surface area contributed by atoms with Crippen LogP contribution in [0.3, 0.4) is 0 Å². The molecule has 0 radical (unpaired) electrons. The van der Waals surface area contributed by atoms with E-state index in [0.29, 0.717) is 42.9 Å². The second-order valence-electron chi connectivity index (χ2n) is 12.0. The molecule has 0 spiro atoms. The van der Waals surface area contributed by atoms with Crippen molar-refractivity contribution in [3.63, 3.8) is 0 Å². The number of carboxylic acid groups (broad SMARTS) is 1. The van der Waals surface area contributed by atoms with Gasteiger partial charge in [-0.2, -0.15) is 0 Å². The molecule has 238 valence electrons. The Morgan fingerprint density at radius 1 is 0.814 bits per heavy atom. The SMILES string of the molecule is CCCCCCCCCCOc1ccc(C(=O)Oc2ccc(OCC(CC)C[C@@](F)(C(=O)O)C3CCCCC3)cc2)cc1. The van der Waals surface area contributed by atoms with Crippen LogP contribution in [0.1, 0.15) is 121 Å². The maximum Gasteiger partial charge on any atom is 0.343 e. The van der Waals surface area contributed by atoms with E-state index in [4.69, 9.17) is 14.2 Å². The van der Waals surface area contributed by atoms with Crippen LogP contribution in [0.4, 0.5) is 4.39 Å². The Morgan fingerprint density at radius 2 is 1.37 bits per heavy atom. The number of halogens is 1. The summed E-state index contributed by atoms with van der Waals surface area (Å²) in [4.78, 5) is 24.6. The number of carbonyl (C=O) groups excluding carboxylic acids is 1. The number of rotatable bonds is 20. The molecule has 6 nitrogen and oxygen atoms in total. The molecule has 3 rings (SSSR count). The van der Waals surface area contributed by atoms with E-state index in [9.17, 15) is 14.7 Å². The van der Waals surface area contributed by atoms with Crippen molar-refractivity contribution in [1.82, 2.24) is 0 Å². The number of alkyl halides is 1. The van der Waals surface area contributed by atoms with Crippen molar-refractivity contribution < 1.29 is 33.3 Å². The second kappa shape index (κ2) is 18.5. The molecule has 1 saturated carbocycles. The molecule has 2 atom stereocenters. The molecule has 43 heavy (non-hydrogen) atoms. The first kappa shape index (κ1) is 34.4. The van der Waals surface area contributed by atoms with Crippen molar-refractivity contribution in [3.8, 4) is 17.2 Å². The van der Waals surface area contributed by atoms with Crippen LogP contribution >= 0.6 is 0 Å². The number of aliphatic carboxylic acids is 1. The molecule has 1 unspecified atom stereocenters. The van der Waals surface area contributed by atoms with E-state index in [1.165, 1.54) is 44.9 Å². The maximum atomic E-state index is 15.7. The van der Waals surface area contributed by atoms with E-state index in [2.05, 4.69) is 6.92 Å². The summed E-state index contributed by atoms with van der Waals surface area (Å²) in [5.41, 5.74) is -1.79. The first-order chi connectivity index (χ1) is 20.9. The average molecular weight is 599 g/mol. The second-order valence-corrected chi connectivity index (χ2v) is 12.0. The molecule has 0 aromatic heterocycles. The lowest BCUT2D eigenvalue weighted by molar-refractivity contribution is -0.158. The molecule has 2 aromatic carbocycles. The highest BCUT2D eigenvalue weighted by Crippen LogP contribution is 2.40. The number of ether oxygens (including phenoxy) is 3. The van der Waals surface area contributed by atoms with Crippen LogP contribution < -0.4 is 14.2 Å². The van der Waals surface area contributed by atoms with Crippen molar-refractivity contribution in [2.75, 3.05) is 13.2 Å². The lowest BCUT2D eigenvalue weighted by Gasteiger charge is -2.35. The summed E-state index contributed by atoms with van der Waals surface area (Å²) >= 11 is 0. The van der Waals surface area contributed by atoms with Gasteiger partial charge in [0.1, 0.15) is 17.2 Å². The molecule has 2 aromatic rings. The minimum absolute atomic E-state index is 0.0534. The zero-order chi connectivity index (χ0) is 30.9. The Labute approximate surface area is 257 Å². The maximum absolute atomic E-state index is 15.7. The average Bonchev–Trinajstić information content (AvgIpc) is 3.03. The normalized spacial score (nSPS) is 15.8. The van der Waals surface area contributed by atoms with Crippen LogP contribution in [0.25, 0.3) is 0 Å². The van der Waals surface area contributed by atoms with Gasteiger partial charge in [-0.1, -0.05) is 78.1 Å². The molecule has 0 amide bonds. The quantitative estimate of drug-likeness (QED) is 0.0928. The van der Waals surface area contributed by atoms with Gasteiger partial charge in [-0.3, -0.25) is 0 Å². The van der Waals surface area contributed by atoms with Gasteiger partial charge in [0.15, 0.2) is 0 Å². The third-order valence-corrected chi connectivity index (χ3v) is 8.65. The molecule has 0 heterocycles. The predicted octanol–water partition coefficient (Wildman–Crippen LogP) is 9.59. The zero-order valence-electron chi connectivity index (χ0n) is 26.2. The zero-order valence-corrected chi connectivity index (χ0v) is 26.2. The molecule has 0 bridgehead atoms. The van der Waals surface area contributed by atoms with E-state index < -0.39 is 23.5 Å². The van der Waals surface area contributed by atoms with Gasteiger partial charge < -0.3 is 19.3 Å². The van der Waals surface area contributed by atoms with Gasteiger partial charge in [0.05, 0.1) is 18.8 Å². The van der Waals surface area contributed by atoms with Crippen LogP contribution in [0.15, 0.2) is 48.5 Å². The molecule has 1 N–H and O–H groups in total. The molecule has 0 aliphatic heterocycles. The van der Waals surface area contributed by atoms with E-state index >= 15 is 4.39 Å². The molecular weight excluding hydrogens is 547 g/mol. The van der Waals surface area contributed by atoms with Crippen LogP contribution in [-0.4, -0.2) is 35.9 Å². The fourth-order valence-corrected chi connectivity index (χ4v) is 5.83. The summed E-state index contributed by atoms with van der Waals surface area (Å²) in [5.74, 6) is -0.828. The Kier molecular flexibility index (Phi) is 14.8. The molecule has 1 aliphatic carbocycles. The number of benzene rings is 2. The van der Waals surface area contributed by atoms with Crippen LogP contribution in [0.2, 0.25) is 0 Å². The Bertz CT molecular complexity index is 1080. The summed E-state index contributed by atoms with van der Waals surface area (Å²) in [6, 6.07) is 13.6. The van der Waals surface area contributed by atoms with Crippen molar-refractivity contribution in [1.29, 1.82) is 0 Å².